The molecule has 0 bridgehead atoms. The van der Waals surface area contributed by atoms with Gasteiger partial charge in [-0.1, -0.05) is 19.3 Å². The van der Waals surface area contributed by atoms with Crippen molar-refractivity contribution in [3.8, 4) is 11.5 Å². The quantitative estimate of drug-likeness (QED) is 0.921. The number of nitrogens with one attached hydrogen (secondary N) is 1. The summed E-state index contributed by atoms with van der Waals surface area (Å²) < 4.78 is 10.9. The molecule has 2 heterocycles. The molecule has 0 radical (unpaired) electrons. The highest BCUT2D eigenvalue weighted by atomic mass is 16.7. The van der Waals surface area contributed by atoms with Gasteiger partial charge in [-0.3, -0.25) is 0 Å². The van der Waals surface area contributed by atoms with Crippen molar-refractivity contribution in [2.75, 3.05) is 31.3 Å². The van der Waals surface area contributed by atoms with Crippen LogP contribution in [0, 0.1) is 5.92 Å². The molecule has 1 unspecified atom stereocenters. The molecule has 2 aliphatic heterocycles. The molecule has 4 nitrogen and oxygen atoms in total. The first-order chi connectivity index (χ1) is 11.4. The van der Waals surface area contributed by atoms with E-state index in [4.69, 9.17) is 9.47 Å². The van der Waals surface area contributed by atoms with Crippen molar-refractivity contribution < 1.29 is 9.47 Å². The molecular weight excluding hydrogens is 288 g/mol. The molecular formula is C19H28N2O2. The molecule has 1 saturated heterocycles. The number of anilines is 1. The Morgan fingerprint density at radius 3 is 2.78 bits per heavy atom. The van der Waals surface area contributed by atoms with Gasteiger partial charge in [-0.05, 0) is 50.3 Å². The highest BCUT2D eigenvalue weighted by molar-refractivity contribution is 5.57. The molecule has 0 spiro atoms. The van der Waals surface area contributed by atoms with E-state index in [2.05, 4.69) is 22.3 Å². The maximum absolute atomic E-state index is 5.52. The Morgan fingerprint density at radius 1 is 1.00 bits per heavy atom. The fourth-order valence-electron chi connectivity index (χ4n) is 4.18. The van der Waals surface area contributed by atoms with E-state index >= 15 is 0 Å². The molecule has 3 aliphatic rings. The van der Waals surface area contributed by atoms with Gasteiger partial charge in [0.2, 0.25) is 6.79 Å². The molecule has 1 atom stereocenters. The zero-order valence-electron chi connectivity index (χ0n) is 13.9. The summed E-state index contributed by atoms with van der Waals surface area (Å²) in [6, 6.07) is 6.95. The Labute approximate surface area is 139 Å². The van der Waals surface area contributed by atoms with Crippen LogP contribution >= 0.6 is 0 Å². The van der Waals surface area contributed by atoms with Gasteiger partial charge in [0.05, 0.1) is 0 Å². The average Bonchev–Trinajstić information content (AvgIpc) is 3.09. The topological polar surface area (TPSA) is 33.7 Å². The van der Waals surface area contributed by atoms with E-state index in [1.165, 1.54) is 57.2 Å². The lowest BCUT2D eigenvalue weighted by Gasteiger charge is -2.36. The lowest BCUT2D eigenvalue weighted by molar-refractivity contribution is 0.174. The van der Waals surface area contributed by atoms with Crippen LogP contribution in [0.15, 0.2) is 18.2 Å². The van der Waals surface area contributed by atoms with Crippen LogP contribution in [-0.4, -0.2) is 32.5 Å². The fraction of sp³-hybridized carbons (Fsp3) is 0.684. The van der Waals surface area contributed by atoms with Crippen molar-refractivity contribution in [2.24, 2.45) is 5.92 Å². The monoisotopic (exact) mass is 316 g/mol. The van der Waals surface area contributed by atoms with Gasteiger partial charge in [-0.15, -0.1) is 0 Å². The third-order valence-electron chi connectivity index (χ3n) is 5.56. The predicted molar refractivity (Wildman–Crippen MR) is 92.4 cm³/mol. The van der Waals surface area contributed by atoms with E-state index < -0.39 is 0 Å². The lowest BCUT2D eigenvalue weighted by Crippen LogP contribution is -2.47. The number of benzene rings is 1. The van der Waals surface area contributed by atoms with E-state index in [1.807, 2.05) is 6.07 Å². The van der Waals surface area contributed by atoms with Gasteiger partial charge in [0.15, 0.2) is 11.5 Å². The first kappa shape index (κ1) is 15.1. The molecule has 0 amide bonds. The number of hydrogen-bond acceptors (Lipinski definition) is 4. The minimum Gasteiger partial charge on any atom is -0.454 e. The summed E-state index contributed by atoms with van der Waals surface area (Å²) in [7, 11) is 0. The summed E-state index contributed by atoms with van der Waals surface area (Å²) in [5.74, 6) is 2.67. The van der Waals surface area contributed by atoms with Crippen molar-refractivity contribution in [3.05, 3.63) is 18.2 Å². The fourth-order valence-corrected chi connectivity index (χ4v) is 4.18. The van der Waals surface area contributed by atoms with Crippen molar-refractivity contribution in [2.45, 2.75) is 51.0 Å². The van der Waals surface area contributed by atoms with Crippen LogP contribution in [0.25, 0.3) is 0 Å². The lowest BCUT2D eigenvalue weighted by atomic mass is 9.89. The van der Waals surface area contributed by atoms with Crippen molar-refractivity contribution >= 4 is 5.69 Å². The summed E-state index contributed by atoms with van der Waals surface area (Å²) >= 11 is 0. The Kier molecular flexibility index (Phi) is 4.60. The maximum Gasteiger partial charge on any atom is 0.231 e. The standard InChI is InChI=1S/C19H28N2O2/c1-2-5-15(6-3-1)12-20-16-7-4-10-21(13-16)17-8-9-18-19(11-17)23-14-22-18/h8-9,11,15-16,20H,1-7,10,12-14H2. The Balaban J connectivity index is 1.33. The first-order valence-corrected chi connectivity index (χ1v) is 9.26. The Bertz CT molecular complexity index is 528. The summed E-state index contributed by atoms with van der Waals surface area (Å²) in [4.78, 5) is 2.49. The summed E-state index contributed by atoms with van der Waals surface area (Å²) in [5, 5.41) is 3.85. The second-order valence-electron chi connectivity index (χ2n) is 7.24. The molecule has 23 heavy (non-hydrogen) atoms. The molecule has 2 fully saturated rings. The number of fused-ring (bicyclic) bond motifs is 1. The number of ether oxygens (including phenoxy) is 2. The third-order valence-corrected chi connectivity index (χ3v) is 5.56. The normalized spacial score (nSPS) is 24.9. The Hall–Kier alpha value is -1.42. The molecule has 1 aromatic carbocycles. The van der Waals surface area contributed by atoms with Crippen LogP contribution in [0.5, 0.6) is 11.5 Å². The number of hydrogen-bond donors (Lipinski definition) is 1. The largest absolute Gasteiger partial charge is 0.454 e. The Morgan fingerprint density at radius 2 is 1.87 bits per heavy atom. The minimum absolute atomic E-state index is 0.352. The highest BCUT2D eigenvalue weighted by Gasteiger charge is 2.23. The van der Waals surface area contributed by atoms with Crippen molar-refractivity contribution in [1.82, 2.24) is 5.32 Å². The van der Waals surface area contributed by atoms with Gasteiger partial charge in [-0.25, -0.2) is 0 Å². The summed E-state index contributed by atoms with van der Waals surface area (Å²) in [6.45, 7) is 3.80. The van der Waals surface area contributed by atoms with E-state index in [9.17, 15) is 0 Å². The smallest absolute Gasteiger partial charge is 0.231 e. The second-order valence-corrected chi connectivity index (χ2v) is 7.24. The molecule has 1 saturated carbocycles. The van der Waals surface area contributed by atoms with E-state index in [-0.39, 0.29) is 0 Å². The van der Waals surface area contributed by atoms with Crippen molar-refractivity contribution in [3.63, 3.8) is 0 Å². The van der Waals surface area contributed by atoms with Crippen molar-refractivity contribution in [1.29, 1.82) is 0 Å². The number of rotatable bonds is 4. The predicted octanol–water partition coefficient (Wildman–Crippen LogP) is 3.55. The SMILES string of the molecule is c1cc2c(cc1N1CCCC(NCC3CCCCC3)C1)OCO2. The van der Waals surface area contributed by atoms with Crippen LogP contribution in [-0.2, 0) is 0 Å². The molecule has 1 aliphatic carbocycles. The number of nitrogens with zero attached hydrogens (tertiary/aromatic N) is 1. The zero-order valence-corrected chi connectivity index (χ0v) is 13.9. The van der Waals surface area contributed by atoms with Crippen LogP contribution in [0.1, 0.15) is 44.9 Å². The van der Waals surface area contributed by atoms with Gasteiger partial charge in [0.25, 0.3) is 0 Å². The molecule has 4 rings (SSSR count). The minimum atomic E-state index is 0.352. The third kappa shape index (κ3) is 3.57. The van der Waals surface area contributed by atoms with Gasteiger partial charge in [0, 0.05) is 30.9 Å². The molecule has 0 aromatic heterocycles. The summed E-state index contributed by atoms with van der Waals surface area (Å²) in [6.07, 6.45) is 9.71. The van der Waals surface area contributed by atoms with E-state index in [0.29, 0.717) is 12.8 Å². The van der Waals surface area contributed by atoms with E-state index in [1.54, 1.807) is 0 Å². The van der Waals surface area contributed by atoms with Gasteiger partial charge >= 0.3 is 0 Å². The van der Waals surface area contributed by atoms with Crippen LogP contribution in [0.2, 0.25) is 0 Å². The highest BCUT2D eigenvalue weighted by Crippen LogP contribution is 2.36. The first-order valence-electron chi connectivity index (χ1n) is 9.26. The molecule has 126 valence electrons. The van der Waals surface area contributed by atoms with Gasteiger partial charge in [-0.2, -0.15) is 0 Å². The van der Waals surface area contributed by atoms with Gasteiger partial charge in [0.1, 0.15) is 0 Å². The summed E-state index contributed by atoms with van der Waals surface area (Å²) in [5.41, 5.74) is 1.26. The van der Waals surface area contributed by atoms with Crippen LogP contribution in [0.3, 0.4) is 0 Å². The molecule has 1 aromatic rings. The van der Waals surface area contributed by atoms with Crippen LogP contribution in [0.4, 0.5) is 5.69 Å². The van der Waals surface area contributed by atoms with Crippen LogP contribution < -0.4 is 19.7 Å². The maximum atomic E-state index is 5.52. The average molecular weight is 316 g/mol. The van der Waals surface area contributed by atoms with E-state index in [0.717, 1.165) is 30.5 Å². The number of piperidine rings is 1. The molecule has 4 heteroatoms. The second kappa shape index (κ2) is 7.00. The van der Waals surface area contributed by atoms with Gasteiger partial charge < -0.3 is 19.7 Å². The molecule has 1 N–H and O–H groups in total. The zero-order chi connectivity index (χ0) is 15.5.